The zero-order valence-electron chi connectivity index (χ0n) is 20.8. The Morgan fingerprint density at radius 3 is 2.38 bits per heavy atom. The van der Waals surface area contributed by atoms with E-state index in [-0.39, 0.29) is 18.4 Å². The van der Waals surface area contributed by atoms with Gasteiger partial charge in [0.1, 0.15) is 0 Å². The fourth-order valence-corrected chi connectivity index (χ4v) is 5.93. The van der Waals surface area contributed by atoms with E-state index < -0.39 is 17.7 Å². The van der Waals surface area contributed by atoms with Crippen LogP contribution in [0.4, 0.5) is 13.2 Å². The summed E-state index contributed by atoms with van der Waals surface area (Å²) in [4.78, 5) is 11.8. The lowest BCUT2D eigenvalue weighted by Crippen LogP contribution is -2.21. The molecule has 3 aromatic rings. The van der Waals surface area contributed by atoms with Gasteiger partial charge in [-0.3, -0.25) is 4.79 Å². The summed E-state index contributed by atoms with van der Waals surface area (Å²) >= 11 is 12.7. The van der Waals surface area contributed by atoms with Crippen molar-refractivity contribution in [1.82, 2.24) is 4.57 Å². The van der Waals surface area contributed by atoms with Gasteiger partial charge in [0.25, 0.3) is 0 Å². The molecule has 2 atom stereocenters. The number of fused-ring (bicyclic) bond motifs is 1. The maximum Gasteiger partial charge on any atom is 0.416 e. The average molecular weight is 552 g/mol. The Kier molecular flexibility index (Phi) is 8.29. The van der Waals surface area contributed by atoms with Gasteiger partial charge in [0.2, 0.25) is 0 Å². The number of hydrogen-bond donors (Lipinski definition) is 1. The largest absolute Gasteiger partial charge is 0.481 e. The van der Waals surface area contributed by atoms with Gasteiger partial charge in [-0.25, -0.2) is 0 Å². The zero-order valence-corrected chi connectivity index (χ0v) is 22.3. The fourth-order valence-electron chi connectivity index (χ4n) is 5.42. The SMILES string of the molecule is CC(C)CC[C@@H](c1ccc(C(F)(F)F)cc1)n1cc(-c2ccc(Cl)cc2Cl)c2c1C(CC(=O)O)CCC2. The first-order valence-electron chi connectivity index (χ1n) is 12.5. The molecule has 37 heavy (non-hydrogen) atoms. The van der Waals surface area contributed by atoms with Gasteiger partial charge in [-0.1, -0.05) is 55.2 Å². The lowest BCUT2D eigenvalue weighted by molar-refractivity contribution is -0.138. The Morgan fingerprint density at radius 2 is 1.78 bits per heavy atom. The topological polar surface area (TPSA) is 42.2 Å². The van der Waals surface area contributed by atoms with Crippen LogP contribution in [0, 0.1) is 5.92 Å². The van der Waals surface area contributed by atoms with Gasteiger partial charge >= 0.3 is 12.1 Å². The van der Waals surface area contributed by atoms with Crippen molar-refractivity contribution in [2.24, 2.45) is 5.92 Å². The molecule has 0 spiro atoms. The molecule has 1 aliphatic carbocycles. The predicted octanol–water partition coefficient (Wildman–Crippen LogP) is 9.40. The quantitative estimate of drug-likeness (QED) is 0.303. The first kappa shape index (κ1) is 27.6. The van der Waals surface area contributed by atoms with E-state index in [9.17, 15) is 23.1 Å². The molecule has 0 saturated carbocycles. The van der Waals surface area contributed by atoms with Crippen molar-refractivity contribution in [3.8, 4) is 11.1 Å². The van der Waals surface area contributed by atoms with Crippen molar-refractivity contribution in [2.75, 3.05) is 0 Å². The second kappa shape index (κ2) is 11.1. The first-order valence-corrected chi connectivity index (χ1v) is 13.3. The normalized spacial score (nSPS) is 16.6. The standard InChI is InChI=1S/C29H30Cl2F3NO2/c1-17(2)6-13-26(18-7-9-20(10-8-18)29(32,33)34)35-16-24(22-12-11-21(30)15-25(22)31)23-5-3-4-19(28(23)35)14-27(36)37/h7-12,15-17,19,26H,3-6,13-14H2,1-2H3,(H,36,37)/t19?,26-/m0/s1. The molecule has 0 fully saturated rings. The van der Waals surface area contributed by atoms with E-state index in [1.54, 1.807) is 24.3 Å². The van der Waals surface area contributed by atoms with Gasteiger partial charge in [0, 0.05) is 39.0 Å². The van der Waals surface area contributed by atoms with Gasteiger partial charge in [-0.05, 0) is 73.4 Å². The van der Waals surface area contributed by atoms with Gasteiger partial charge in [0.15, 0.2) is 0 Å². The van der Waals surface area contributed by atoms with E-state index in [1.165, 1.54) is 0 Å². The molecule has 8 heteroatoms. The number of rotatable bonds is 8. The summed E-state index contributed by atoms with van der Waals surface area (Å²) < 4.78 is 41.9. The van der Waals surface area contributed by atoms with Crippen LogP contribution in [0.15, 0.2) is 48.7 Å². The first-order chi connectivity index (χ1) is 17.5. The van der Waals surface area contributed by atoms with Crippen LogP contribution < -0.4 is 0 Å². The molecule has 4 rings (SSSR count). The number of benzene rings is 2. The fraction of sp³-hybridized carbons (Fsp3) is 0.414. The van der Waals surface area contributed by atoms with Crippen molar-refractivity contribution in [2.45, 2.75) is 70.5 Å². The highest BCUT2D eigenvalue weighted by atomic mass is 35.5. The summed E-state index contributed by atoms with van der Waals surface area (Å²) in [5, 5.41) is 10.7. The number of nitrogens with zero attached hydrogens (tertiary/aromatic N) is 1. The molecular weight excluding hydrogens is 522 g/mol. The van der Waals surface area contributed by atoms with E-state index in [0.29, 0.717) is 22.4 Å². The monoisotopic (exact) mass is 551 g/mol. The van der Waals surface area contributed by atoms with Gasteiger partial charge in [0.05, 0.1) is 18.0 Å². The van der Waals surface area contributed by atoms with E-state index in [4.69, 9.17) is 23.2 Å². The second-order valence-corrected chi connectivity index (χ2v) is 11.1. The smallest absolute Gasteiger partial charge is 0.416 e. The Hall–Kier alpha value is -2.44. The molecule has 0 amide bonds. The Morgan fingerprint density at radius 1 is 1.08 bits per heavy atom. The Labute approximate surface area is 225 Å². The molecular formula is C29H30Cl2F3NO2. The second-order valence-electron chi connectivity index (χ2n) is 10.2. The molecule has 3 nitrogen and oxygen atoms in total. The summed E-state index contributed by atoms with van der Waals surface area (Å²) in [5.74, 6) is -0.676. The van der Waals surface area contributed by atoms with Crippen LogP contribution in [-0.2, 0) is 17.4 Å². The Balaban J connectivity index is 1.91. The Bertz CT molecular complexity index is 1270. The highest BCUT2D eigenvalue weighted by molar-refractivity contribution is 6.36. The third-order valence-electron chi connectivity index (χ3n) is 7.17. The van der Waals surface area contributed by atoms with Crippen LogP contribution in [0.3, 0.4) is 0 Å². The molecule has 1 unspecified atom stereocenters. The molecule has 198 valence electrons. The number of aromatic nitrogens is 1. The highest BCUT2D eigenvalue weighted by Crippen LogP contribution is 2.45. The van der Waals surface area contributed by atoms with Crippen LogP contribution in [0.2, 0.25) is 10.0 Å². The molecule has 0 bridgehead atoms. The van der Waals surface area contributed by atoms with Gasteiger partial charge < -0.3 is 9.67 Å². The highest BCUT2D eigenvalue weighted by Gasteiger charge is 2.33. The number of carboxylic acids is 1. The number of carboxylic acid groups (broad SMARTS) is 1. The molecule has 1 aliphatic rings. The minimum absolute atomic E-state index is 0.00524. The lowest BCUT2D eigenvalue weighted by Gasteiger charge is -2.29. The van der Waals surface area contributed by atoms with E-state index in [1.807, 2.05) is 12.3 Å². The van der Waals surface area contributed by atoms with Crippen LogP contribution in [0.1, 0.15) is 80.3 Å². The van der Waals surface area contributed by atoms with E-state index in [2.05, 4.69) is 18.4 Å². The van der Waals surface area contributed by atoms with Crippen LogP contribution >= 0.6 is 23.2 Å². The number of alkyl halides is 3. The summed E-state index contributed by atoms with van der Waals surface area (Å²) in [6, 6.07) is 10.4. The van der Waals surface area contributed by atoms with Crippen LogP contribution in [0.25, 0.3) is 11.1 Å². The summed E-state index contributed by atoms with van der Waals surface area (Å²) in [5.41, 5.74) is 3.82. The van der Waals surface area contributed by atoms with Crippen molar-refractivity contribution in [3.63, 3.8) is 0 Å². The van der Waals surface area contributed by atoms with Crippen molar-refractivity contribution in [3.05, 3.63) is 81.1 Å². The molecule has 1 N–H and O–H groups in total. The van der Waals surface area contributed by atoms with Crippen molar-refractivity contribution < 1.29 is 23.1 Å². The zero-order chi connectivity index (χ0) is 26.9. The van der Waals surface area contributed by atoms with E-state index in [0.717, 1.165) is 65.8 Å². The van der Waals surface area contributed by atoms with Gasteiger partial charge in [-0.15, -0.1) is 0 Å². The van der Waals surface area contributed by atoms with Gasteiger partial charge in [-0.2, -0.15) is 13.2 Å². The lowest BCUT2D eigenvalue weighted by atomic mass is 9.83. The number of carbonyl (C=O) groups is 1. The summed E-state index contributed by atoms with van der Waals surface area (Å²) in [6.45, 7) is 4.22. The number of halogens is 5. The third-order valence-corrected chi connectivity index (χ3v) is 7.71. The summed E-state index contributed by atoms with van der Waals surface area (Å²) in [6.07, 6.45) is 1.53. The maximum absolute atomic E-state index is 13.3. The maximum atomic E-state index is 13.3. The third kappa shape index (κ3) is 6.18. The van der Waals surface area contributed by atoms with Crippen LogP contribution in [0.5, 0.6) is 0 Å². The molecule has 2 aromatic carbocycles. The summed E-state index contributed by atoms with van der Waals surface area (Å²) in [7, 11) is 0. The number of aliphatic carboxylic acids is 1. The van der Waals surface area contributed by atoms with Crippen molar-refractivity contribution in [1.29, 1.82) is 0 Å². The minimum atomic E-state index is -4.41. The van der Waals surface area contributed by atoms with Crippen LogP contribution in [-0.4, -0.2) is 15.6 Å². The minimum Gasteiger partial charge on any atom is -0.481 e. The average Bonchev–Trinajstić information content (AvgIpc) is 3.19. The number of hydrogen-bond acceptors (Lipinski definition) is 1. The molecule has 0 aliphatic heterocycles. The molecule has 0 saturated heterocycles. The molecule has 1 heterocycles. The molecule has 0 radical (unpaired) electrons. The van der Waals surface area contributed by atoms with E-state index >= 15 is 0 Å². The molecule has 1 aromatic heterocycles. The van der Waals surface area contributed by atoms with Crippen molar-refractivity contribution >= 4 is 29.2 Å². The predicted molar refractivity (Wildman–Crippen MR) is 141 cm³/mol.